The summed E-state index contributed by atoms with van der Waals surface area (Å²) >= 11 is 0. The molecule has 0 aromatic heterocycles. The summed E-state index contributed by atoms with van der Waals surface area (Å²) in [5, 5.41) is 0. The lowest BCUT2D eigenvalue weighted by Crippen LogP contribution is -2.47. The zero-order valence-electron chi connectivity index (χ0n) is 6.22. The van der Waals surface area contributed by atoms with Crippen LogP contribution in [0.5, 0.6) is 0 Å². The Hall–Kier alpha value is -0.120. The van der Waals surface area contributed by atoms with Crippen LogP contribution in [0.2, 0.25) is 0 Å². The van der Waals surface area contributed by atoms with Gasteiger partial charge in [-0.05, 0) is 6.92 Å². The van der Waals surface area contributed by atoms with Gasteiger partial charge in [0.1, 0.15) is 0 Å². The summed E-state index contributed by atoms with van der Waals surface area (Å²) in [6.07, 6.45) is 0. The Morgan fingerprint density at radius 3 is 1.67 bits per heavy atom. The molecule has 0 heterocycles. The van der Waals surface area contributed by atoms with Gasteiger partial charge in [-0.2, -0.15) is 0 Å². The molecule has 56 valence electrons. The standard InChI is InChI=1S/C6H17N3/c1-5(9)6(2,3-7)4-8/h5H,3-4,7-9H2,1-2H3. The number of hydrogen-bond donors (Lipinski definition) is 3. The summed E-state index contributed by atoms with van der Waals surface area (Å²) in [5.41, 5.74) is 16.5. The van der Waals surface area contributed by atoms with Crippen LogP contribution in [-0.2, 0) is 0 Å². The second-order valence-corrected chi connectivity index (χ2v) is 2.85. The second-order valence-electron chi connectivity index (χ2n) is 2.85. The van der Waals surface area contributed by atoms with Crippen LogP contribution in [0.15, 0.2) is 0 Å². The van der Waals surface area contributed by atoms with E-state index in [0.29, 0.717) is 13.1 Å². The Bertz CT molecular complexity index is 76.4. The Labute approximate surface area is 56.6 Å². The van der Waals surface area contributed by atoms with Crippen LogP contribution in [0.3, 0.4) is 0 Å². The average molecular weight is 131 g/mol. The molecule has 0 aromatic carbocycles. The summed E-state index contributed by atoms with van der Waals surface area (Å²) in [4.78, 5) is 0. The quantitative estimate of drug-likeness (QED) is 0.472. The summed E-state index contributed by atoms with van der Waals surface area (Å²) in [7, 11) is 0. The minimum atomic E-state index is -0.0833. The third kappa shape index (κ3) is 1.93. The Kier molecular flexibility index (Phi) is 3.11. The molecule has 0 aliphatic rings. The van der Waals surface area contributed by atoms with E-state index in [1.54, 1.807) is 0 Å². The maximum Gasteiger partial charge on any atom is 0.00885 e. The number of nitrogens with two attached hydrogens (primary N) is 3. The molecule has 0 saturated carbocycles. The van der Waals surface area contributed by atoms with E-state index in [4.69, 9.17) is 17.2 Å². The van der Waals surface area contributed by atoms with E-state index in [9.17, 15) is 0 Å². The van der Waals surface area contributed by atoms with Gasteiger partial charge in [0.05, 0.1) is 0 Å². The van der Waals surface area contributed by atoms with Gasteiger partial charge in [-0.3, -0.25) is 0 Å². The van der Waals surface area contributed by atoms with E-state index in [1.807, 2.05) is 13.8 Å². The molecule has 0 aromatic rings. The highest BCUT2D eigenvalue weighted by molar-refractivity contribution is 4.83. The molecule has 0 amide bonds. The van der Waals surface area contributed by atoms with E-state index in [-0.39, 0.29) is 11.5 Å². The first-order valence-corrected chi connectivity index (χ1v) is 3.22. The van der Waals surface area contributed by atoms with Crippen LogP contribution in [0.25, 0.3) is 0 Å². The third-order valence-corrected chi connectivity index (χ3v) is 2.03. The molecular formula is C6H17N3. The van der Waals surface area contributed by atoms with Crippen LogP contribution >= 0.6 is 0 Å². The monoisotopic (exact) mass is 131 g/mol. The molecule has 0 fully saturated rings. The van der Waals surface area contributed by atoms with Gasteiger partial charge in [-0.15, -0.1) is 0 Å². The highest BCUT2D eigenvalue weighted by Gasteiger charge is 2.24. The number of rotatable bonds is 3. The minimum absolute atomic E-state index is 0.0764. The summed E-state index contributed by atoms with van der Waals surface area (Å²) in [6, 6.07) is 0.0764. The lowest BCUT2D eigenvalue weighted by molar-refractivity contribution is 0.289. The summed E-state index contributed by atoms with van der Waals surface area (Å²) in [5.74, 6) is 0. The SMILES string of the molecule is CC(N)C(C)(CN)CN. The van der Waals surface area contributed by atoms with E-state index in [2.05, 4.69) is 0 Å². The van der Waals surface area contributed by atoms with E-state index in [1.165, 1.54) is 0 Å². The zero-order valence-corrected chi connectivity index (χ0v) is 6.22. The fourth-order valence-corrected chi connectivity index (χ4v) is 0.455. The van der Waals surface area contributed by atoms with Crippen molar-refractivity contribution < 1.29 is 0 Å². The molecular weight excluding hydrogens is 114 g/mol. The van der Waals surface area contributed by atoms with Crippen molar-refractivity contribution >= 4 is 0 Å². The Morgan fingerprint density at radius 2 is 1.67 bits per heavy atom. The topological polar surface area (TPSA) is 78.1 Å². The van der Waals surface area contributed by atoms with Crippen LogP contribution in [-0.4, -0.2) is 19.1 Å². The van der Waals surface area contributed by atoms with Gasteiger partial charge in [0.15, 0.2) is 0 Å². The van der Waals surface area contributed by atoms with Crippen molar-refractivity contribution in [1.82, 2.24) is 0 Å². The van der Waals surface area contributed by atoms with Crippen molar-refractivity contribution in [3.63, 3.8) is 0 Å². The molecule has 0 bridgehead atoms. The number of hydrogen-bond acceptors (Lipinski definition) is 3. The van der Waals surface area contributed by atoms with Gasteiger partial charge in [0, 0.05) is 24.5 Å². The fraction of sp³-hybridized carbons (Fsp3) is 1.00. The lowest BCUT2D eigenvalue weighted by Gasteiger charge is -2.30. The van der Waals surface area contributed by atoms with Gasteiger partial charge >= 0.3 is 0 Å². The molecule has 3 heteroatoms. The molecule has 0 saturated heterocycles. The Balaban J connectivity index is 3.92. The normalized spacial score (nSPS) is 15.7. The molecule has 1 unspecified atom stereocenters. The second kappa shape index (κ2) is 3.15. The van der Waals surface area contributed by atoms with Crippen molar-refractivity contribution in [2.24, 2.45) is 22.6 Å². The van der Waals surface area contributed by atoms with Crippen LogP contribution in [0, 0.1) is 5.41 Å². The molecule has 1 atom stereocenters. The lowest BCUT2D eigenvalue weighted by atomic mass is 9.84. The third-order valence-electron chi connectivity index (χ3n) is 2.03. The highest BCUT2D eigenvalue weighted by Crippen LogP contribution is 2.14. The predicted octanol–water partition coefficient (Wildman–Crippen LogP) is -0.743. The van der Waals surface area contributed by atoms with E-state index >= 15 is 0 Å². The highest BCUT2D eigenvalue weighted by atomic mass is 14.8. The van der Waals surface area contributed by atoms with Crippen molar-refractivity contribution in [3.05, 3.63) is 0 Å². The molecule has 3 nitrogen and oxygen atoms in total. The fourth-order valence-electron chi connectivity index (χ4n) is 0.455. The Morgan fingerprint density at radius 1 is 1.33 bits per heavy atom. The van der Waals surface area contributed by atoms with Gasteiger partial charge in [0.2, 0.25) is 0 Å². The van der Waals surface area contributed by atoms with Gasteiger partial charge in [-0.25, -0.2) is 0 Å². The first-order valence-electron chi connectivity index (χ1n) is 3.22. The first-order chi connectivity index (χ1) is 4.06. The molecule has 0 radical (unpaired) electrons. The molecule has 0 rings (SSSR count). The first kappa shape index (κ1) is 8.88. The summed E-state index contributed by atoms with van der Waals surface area (Å²) < 4.78 is 0. The van der Waals surface area contributed by atoms with Crippen molar-refractivity contribution in [1.29, 1.82) is 0 Å². The maximum absolute atomic E-state index is 5.63. The molecule has 6 N–H and O–H groups in total. The summed E-state index contributed by atoms with van der Waals surface area (Å²) in [6.45, 7) is 5.04. The predicted molar refractivity (Wildman–Crippen MR) is 39.9 cm³/mol. The van der Waals surface area contributed by atoms with Crippen LogP contribution < -0.4 is 17.2 Å². The van der Waals surface area contributed by atoms with Gasteiger partial charge in [0.25, 0.3) is 0 Å². The molecule has 9 heavy (non-hydrogen) atoms. The maximum atomic E-state index is 5.63. The van der Waals surface area contributed by atoms with Crippen molar-refractivity contribution in [2.45, 2.75) is 19.9 Å². The molecule has 0 spiro atoms. The van der Waals surface area contributed by atoms with E-state index < -0.39 is 0 Å². The molecule has 0 aliphatic heterocycles. The zero-order chi connectivity index (χ0) is 7.49. The van der Waals surface area contributed by atoms with E-state index in [0.717, 1.165) is 0 Å². The largest absolute Gasteiger partial charge is 0.330 e. The molecule has 0 aliphatic carbocycles. The van der Waals surface area contributed by atoms with Gasteiger partial charge < -0.3 is 17.2 Å². The van der Waals surface area contributed by atoms with Crippen molar-refractivity contribution in [3.8, 4) is 0 Å². The van der Waals surface area contributed by atoms with Gasteiger partial charge in [-0.1, -0.05) is 6.92 Å². The van der Waals surface area contributed by atoms with Crippen LogP contribution in [0.4, 0.5) is 0 Å². The minimum Gasteiger partial charge on any atom is -0.330 e. The van der Waals surface area contributed by atoms with Crippen molar-refractivity contribution in [2.75, 3.05) is 13.1 Å². The smallest absolute Gasteiger partial charge is 0.00885 e. The average Bonchev–Trinajstić information content (AvgIpc) is 1.86. The van der Waals surface area contributed by atoms with Crippen LogP contribution in [0.1, 0.15) is 13.8 Å².